The molecule has 0 spiro atoms. The second-order valence-corrected chi connectivity index (χ2v) is 8.04. The van der Waals surface area contributed by atoms with Crippen LogP contribution in [0.2, 0.25) is 0 Å². The van der Waals surface area contributed by atoms with Crippen molar-refractivity contribution in [3.8, 4) is 0 Å². The number of aromatic nitrogens is 2. The molecule has 0 radical (unpaired) electrons. The highest BCUT2D eigenvalue weighted by molar-refractivity contribution is 7.92. The van der Waals surface area contributed by atoms with E-state index >= 15 is 0 Å². The summed E-state index contributed by atoms with van der Waals surface area (Å²) in [6, 6.07) is 7.40. The molecule has 0 atom stereocenters. The summed E-state index contributed by atoms with van der Waals surface area (Å²) in [6.45, 7) is 3.88. The molecular weight excluding hydrogens is 308 g/mol. The zero-order chi connectivity index (χ0) is 15.0. The SMILES string of the molecule is CCc1cc(CS(=O)(=O)c2nc3cc(C)ccc3s2)no1. The molecule has 0 fully saturated rings. The summed E-state index contributed by atoms with van der Waals surface area (Å²) >= 11 is 1.19. The van der Waals surface area contributed by atoms with E-state index in [0.29, 0.717) is 23.4 Å². The lowest BCUT2D eigenvalue weighted by molar-refractivity contribution is 0.382. The minimum Gasteiger partial charge on any atom is -0.361 e. The number of rotatable bonds is 4. The Bertz CT molecular complexity index is 894. The molecule has 0 aliphatic carbocycles. The van der Waals surface area contributed by atoms with E-state index < -0.39 is 9.84 Å². The monoisotopic (exact) mass is 322 g/mol. The van der Waals surface area contributed by atoms with Crippen molar-refractivity contribution in [2.45, 2.75) is 30.4 Å². The molecule has 1 aromatic carbocycles. The molecule has 0 unspecified atom stereocenters. The highest BCUT2D eigenvalue weighted by Gasteiger charge is 2.22. The average molecular weight is 322 g/mol. The largest absolute Gasteiger partial charge is 0.361 e. The van der Waals surface area contributed by atoms with Crippen LogP contribution in [0.25, 0.3) is 10.2 Å². The van der Waals surface area contributed by atoms with Gasteiger partial charge in [-0.05, 0) is 24.6 Å². The summed E-state index contributed by atoms with van der Waals surface area (Å²) in [5, 5.41) is 3.79. The molecule has 0 aliphatic heterocycles. The molecule has 7 heteroatoms. The molecule has 3 aromatic rings. The van der Waals surface area contributed by atoms with Crippen molar-refractivity contribution in [3.05, 3.63) is 41.3 Å². The second-order valence-electron chi connectivity index (χ2n) is 4.85. The van der Waals surface area contributed by atoms with Gasteiger partial charge in [0.2, 0.25) is 14.2 Å². The van der Waals surface area contributed by atoms with Gasteiger partial charge in [0.25, 0.3) is 0 Å². The van der Waals surface area contributed by atoms with E-state index in [4.69, 9.17) is 4.52 Å². The first-order valence-corrected chi connectivity index (χ1v) is 8.99. The number of fused-ring (bicyclic) bond motifs is 1. The molecule has 2 heterocycles. The van der Waals surface area contributed by atoms with Crippen molar-refractivity contribution in [1.29, 1.82) is 0 Å². The summed E-state index contributed by atoms with van der Waals surface area (Å²) in [5.41, 5.74) is 2.19. The summed E-state index contributed by atoms with van der Waals surface area (Å²) in [6.07, 6.45) is 0.688. The summed E-state index contributed by atoms with van der Waals surface area (Å²) < 4.78 is 30.9. The molecule has 110 valence electrons. The Morgan fingerprint density at radius 3 is 2.81 bits per heavy atom. The van der Waals surface area contributed by atoms with Crippen molar-refractivity contribution in [1.82, 2.24) is 10.1 Å². The number of hydrogen-bond acceptors (Lipinski definition) is 6. The normalized spacial score (nSPS) is 12.1. The molecule has 0 bridgehead atoms. The molecule has 0 saturated heterocycles. The van der Waals surface area contributed by atoms with Gasteiger partial charge < -0.3 is 4.52 Å². The van der Waals surface area contributed by atoms with Gasteiger partial charge in [0.15, 0.2) is 0 Å². The van der Waals surface area contributed by atoms with Crippen LogP contribution < -0.4 is 0 Å². The molecule has 2 aromatic heterocycles. The predicted octanol–water partition coefficient (Wildman–Crippen LogP) is 3.13. The van der Waals surface area contributed by atoms with Gasteiger partial charge >= 0.3 is 0 Å². The number of sulfone groups is 1. The van der Waals surface area contributed by atoms with Crippen LogP contribution in [0, 0.1) is 6.92 Å². The Balaban J connectivity index is 1.95. The van der Waals surface area contributed by atoms with E-state index in [1.54, 1.807) is 6.07 Å². The summed E-state index contributed by atoms with van der Waals surface area (Å²) in [4.78, 5) is 4.24. The topological polar surface area (TPSA) is 73.1 Å². The second kappa shape index (κ2) is 5.23. The summed E-state index contributed by atoms with van der Waals surface area (Å²) in [5.74, 6) is 0.495. The number of thiazole rings is 1. The van der Waals surface area contributed by atoms with Crippen LogP contribution in [0.15, 0.2) is 33.1 Å². The van der Waals surface area contributed by atoms with E-state index in [-0.39, 0.29) is 10.1 Å². The quantitative estimate of drug-likeness (QED) is 0.738. The Morgan fingerprint density at radius 2 is 2.10 bits per heavy atom. The third-order valence-electron chi connectivity index (χ3n) is 3.08. The summed E-state index contributed by atoms with van der Waals surface area (Å²) in [7, 11) is -3.50. The zero-order valence-corrected chi connectivity index (χ0v) is 13.3. The molecule has 5 nitrogen and oxygen atoms in total. The molecule has 0 N–H and O–H groups in total. The van der Waals surface area contributed by atoms with Gasteiger partial charge in [-0.3, -0.25) is 0 Å². The van der Waals surface area contributed by atoms with Crippen LogP contribution >= 0.6 is 11.3 Å². The standard InChI is InChI=1S/C14H14N2O3S2/c1-3-11-7-10(16-19-11)8-21(17,18)14-15-12-6-9(2)4-5-13(12)20-14/h4-7H,3,8H2,1-2H3. The smallest absolute Gasteiger partial charge is 0.211 e. The Hall–Kier alpha value is -1.73. The number of hydrogen-bond donors (Lipinski definition) is 0. The molecule has 21 heavy (non-hydrogen) atoms. The molecule has 0 aliphatic rings. The first-order chi connectivity index (χ1) is 9.98. The van der Waals surface area contributed by atoms with Crippen molar-refractivity contribution >= 4 is 31.4 Å². The fourth-order valence-electron chi connectivity index (χ4n) is 2.00. The van der Waals surface area contributed by atoms with Crippen molar-refractivity contribution in [2.24, 2.45) is 0 Å². The highest BCUT2D eigenvalue weighted by Crippen LogP contribution is 2.28. The molecular formula is C14H14N2O3S2. The third-order valence-corrected chi connectivity index (χ3v) is 6.23. The van der Waals surface area contributed by atoms with Gasteiger partial charge in [0.1, 0.15) is 11.5 Å². The maximum absolute atomic E-state index is 12.4. The van der Waals surface area contributed by atoms with Crippen LogP contribution in [0.1, 0.15) is 23.9 Å². The van der Waals surface area contributed by atoms with Crippen LogP contribution in [0.3, 0.4) is 0 Å². The first-order valence-electron chi connectivity index (χ1n) is 6.52. The lowest BCUT2D eigenvalue weighted by atomic mass is 10.2. The van der Waals surface area contributed by atoms with Crippen molar-refractivity contribution < 1.29 is 12.9 Å². The Kier molecular flexibility index (Phi) is 3.54. The lowest BCUT2D eigenvalue weighted by Gasteiger charge is -1.95. The van der Waals surface area contributed by atoms with Crippen LogP contribution in [-0.2, 0) is 22.0 Å². The van der Waals surface area contributed by atoms with E-state index in [0.717, 1.165) is 10.3 Å². The van der Waals surface area contributed by atoms with Crippen molar-refractivity contribution in [2.75, 3.05) is 0 Å². The van der Waals surface area contributed by atoms with Gasteiger partial charge in [0.05, 0.1) is 15.9 Å². The zero-order valence-electron chi connectivity index (χ0n) is 11.7. The lowest BCUT2D eigenvalue weighted by Crippen LogP contribution is -2.04. The van der Waals surface area contributed by atoms with Crippen LogP contribution in [0.5, 0.6) is 0 Å². The molecule has 0 saturated carbocycles. The molecule has 0 amide bonds. The Morgan fingerprint density at radius 1 is 1.29 bits per heavy atom. The Labute approximate surface area is 126 Å². The predicted molar refractivity (Wildman–Crippen MR) is 81.1 cm³/mol. The van der Waals surface area contributed by atoms with E-state index in [2.05, 4.69) is 10.1 Å². The fraction of sp³-hybridized carbons (Fsp3) is 0.286. The number of benzene rings is 1. The van der Waals surface area contributed by atoms with Gasteiger partial charge in [-0.1, -0.05) is 18.1 Å². The van der Waals surface area contributed by atoms with Gasteiger partial charge in [-0.2, -0.15) is 0 Å². The molecule has 3 rings (SSSR count). The number of nitrogens with zero attached hydrogens (tertiary/aromatic N) is 2. The van der Waals surface area contributed by atoms with Crippen LogP contribution in [0.4, 0.5) is 0 Å². The average Bonchev–Trinajstić information content (AvgIpc) is 3.04. The van der Waals surface area contributed by atoms with Gasteiger partial charge in [-0.25, -0.2) is 13.4 Å². The number of aryl methyl sites for hydroxylation is 2. The maximum atomic E-state index is 12.4. The van der Waals surface area contributed by atoms with Gasteiger partial charge in [-0.15, -0.1) is 11.3 Å². The van der Waals surface area contributed by atoms with Crippen molar-refractivity contribution in [3.63, 3.8) is 0 Å². The minimum absolute atomic E-state index is 0.129. The van der Waals surface area contributed by atoms with E-state index in [9.17, 15) is 8.42 Å². The van der Waals surface area contributed by atoms with E-state index in [1.807, 2.05) is 32.0 Å². The first kappa shape index (κ1) is 14.2. The van der Waals surface area contributed by atoms with Crippen LogP contribution in [-0.4, -0.2) is 18.6 Å². The van der Waals surface area contributed by atoms with Gasteiger partial charge in [0, 0.05) is 12.5 Å². The fourth-order valence-corrected chi connectivity index (χ4v) is 4.51. The maximum Gasteiger partial charge on any atom is 0.211 e. The minimum atomic E-state index is -3.50. The van der Waals surface area contributed by atoms with E-state index in [1.165, 1.54) is 11.3 Å². The highest BCUT2D eigenvalue weighted by atomic mass is 32.2. The third kappa shape index (κ3) is 2.84.